The predicted octanol–water partition coefficient (Wildman–Crippen LogP) is 1.80. The average molecular weight is 289 g/mol. The van der Waals surface area contributed by atoms with E-state index < -0.39 is 0 Å². The molecule has 0 atom stereocenters. The highest BCUT2D eigenvalue weighted by Crippen LogP contribution is 2.19. The third-order valence-corrected chi connectivity index (χ3v) is 3.62. The third kappa shape index (κ3) is 3.80. The second kappa shape index (κ2) is 6.24. The molecular weight excluding hydrogens is 266 g/mol. The van der Waals surface area contributed by atoms with Crippen molar-refractivity contribution in [1.82, 2.24) is 14.8 Å². The van der Waals surface area contributed by atoms with Crippen molar-refractivity contribution in [3.8, 4) is 0 Å². The van der Waals surface area contributed by atoms with Gasteiger partial charge in [0.15, 0.2) is 0 Å². The Kier molecular flexibility index (Phi) is 4.60. The standard InChI is InChI=1S/C16H23N3O2/c1-16(2,3)15(21)19-9-5-8-18(10-11-19)14(20)13-6-4-7-17-12-13/h4,6-7,12H,5,8-11H2,1-3H3. The molecule has 1 aliphatic heterocycles. The summed E-state index contributed by atoms with van der Waals surface area (Å²) in [6.45, 7) is 8.36. The minimum absolute atomic E-state index is 0.00634. The van der Waals surface area contributed by atoms with E-state index in [-0.39, 0.29) is 17.2 Å². The molecule has 1 saturated heterocycles. The van der Waals surface area contributed by atoms with Crippen LogP contribution >= 0.6 is 0 Å². The van der Waals surface area contributed by atoms with Crippen molar-refractivity contribution in [1.29, 1.82) is 0 Å². The number of hydrogen-bond acceptors (Lipinski definition) is 3. The number of hydrogen-bond donors (Lipinski definition) is 0. The van der Waals surface area contributed by atoms with Crippen molar-refractivity contribution in [2.75, 3.05) is 26.2 Å². The van der Waals surface area contributed by atoms with E-state index in [9.17, 15) is 9.59 Å². The zero-order valence-corrected chi connectivity index (χ0v) is 13.0. The van der Waals surface area contributed by atoms with Crippen LogP contribution in [0.5, 0.6) is 0 Å². The van der Waals surface area contributed by atoms with E-state index in [1.54, 1.807) is 24.5 Å². The first-order chi connectivity index (χ1) is 9.89. The third-order valence-electron chi connectivity index (χ3n) is 3.62. The number of amides is 2. The summed E-state index contributed by atoms with van der Waals surface area (Å²) in [5.41, 5.74) is 0.232. The van der Waals surface area contributed by atoms with Gasteiger partial charge in [0.05, 0.1) is 5.56 Å². The lowest BCUT2D eigenvalue weighted by molar-refractivity contribution is -0.139. The van der Waals surface area contributed by atoms with Crippen molar-refractivity contribution in [3.63, 3.8) is 0 Å². The summed E-state index contributed by atoms with van der Waals surface area (Å²) in [5, 5.41) is 0. The predicted molar refractivity (Wildman–Crippen MR) is 80.8 cm³/mol. The molecule has 21 heavy (non-hydrogen) atoms. The number of pyridine rings is 1. The SMILES string of the molecule is CC(C)(C)C(=O)N1CCCN(C(=O)c2cccnc2)CC1. The molecule has 0 radical (unpaired) electrons. The number of carbonyl (C=O) groups excluding carboxylic acids is 2. The molecule has 0 unspecified atom stereocenters. The van der Waals surface area contributed by atoms with E-state index >= 15 is 0 Å². The Morgan fingerprint density at radius 1 is 1.10 bits per heavy atom. The van der Waals surface area contributed by atoms with Crippen LogP contribution in [0.25, 0.3) is 0 Å². The maximum Gasteiger partial charge on any atom is 0.255 e. The summed E-state index contributed by atoms with van der Waals surface area (Å²) in [6.07, 6.45) is 4.06. The van der Waals surface area contributed by atoms with Crippen molar-refractivity contribution < 1.29 is 9.59 Å². The molecule has 1 aromatic heterocycles. The smallest absolute Gasteiger partial charge is 0.255 e. The van der Waals surface area contributed by atoms with Gasteiger partial charge in [0.25, 0.3) is 5.91 Å². The Balaban J connectivity index is 2.01. The average Bonchev–Trinajstić information content (AvgIpc) is 2.71. The fourth-order valence-corrected chi connectivity index (χ4v) is 2.47. The fourth-order valence-electron chi connectivity index (χ4n) is 2.47. The first-order valence-electron chi connectivity index (χ1n) is 7.38. The lowest BCUT2D eigenvalue weighted by Crippen LogP contribution is -2.42. The summed E-state index contributed by atoms with van der Waals surface area (Å²) in [7, 11) is 0. The van der Waals surface area contributed by atoms with Gasteiger partial charge in [-0.05, 0) is 18.6 Å². The maximum atomic E-state index is 12.4. The largest absolute Gasteiger partial charge is 0.340 e. The van der Waals surface area contributed by atoms with Crippen LogP contribution in [-0.2, 0) is 4.79 Å². The Labute approximate surface area is 126 Å². The van der Waals surface area contributed by atoms with Gasteiger partial charge < -0.3 is 9.80 Å². The number of rotatable bonds is 1. The van der Waals surface area contributed by atoms with Gasteiger partial charge in [-0.1, -0.05) is 20.8 Å². The number of nitrogens with zero attached hydrogens (tertiary/aromatic N) is 3. The van der Waals surface area contributed by atoms with Crippen LogP contribution < -0.4 is 0 Å². The Hall–Kier alpha value is -1.91. The molecule has 0 aliphatic carbocycles. The molecule has 0 bridgehead atoms. The molecule has 0 spiro atoms. The number of aromatic nitrogens is 1. The van der Waals surface area contributed by atoms with Gasteiger partial charge in [0.1, 0.15) is 0 Å². The summed E-state index contributed by atoms with van der Waals surface area (Å²) < 4.78 is 0. The van der Waals surface area contributed by atoms with E-state index in [0.717, 1.165) is 6.42 Å². The fraction of sp³-hybridized carbons (Fsp3) is 0.562. The van der Waals surface area contributed by atoms with Crippen molar-refractivity contribution in [3.05, 3.63) is 30.1 Å². The Bertz CT molecular complexity index is 508. The highest BCUT2D eigenvalue weighted by Gasteiger charge is 2.29. The van der Waals surface area contributed by atoms with Crippen molar-refractivity contribution >= 4 is 11.8 Å². The second-order valence-electron chi connectivity index (χ2n) is 6.43. The van der Waals surface area contributed by atoms with Crippen LogP contribution in [0.4, 0.5) is 0 Å². The summed E-state index contributed by atoms with van der Waals surface area (Å²) in [6, 6.07) is 3.54. The van der Waals surface area contributed by atoms with Gasteiger partial charge in [-0.3, -0.25) is 14.6 Å². The molecular formula is C16H23N3O2. The van der Waals surface area contributed by atoms with Gasteiger partial charge in [-0.25, -0.2) is 0 Å². The molecule has 0 saturated carbocycles. The van der Waals surface area contributed by atoms with Crippen LogP contribution in [0.15, 0.2) is 24.5 Å². The monoisotopic (exact) mass is 289 g/mol. The molecule has 1 aliphatic rings. The van der Waals surface area contributed by atoms with Crippen molar-refractivity contribution in [2.24, 2.45) is 5.41 Å². The molecule has 0 aromatic carbocycles. The molecule has 2 heterocycles. The topological polar surface area (TPSA) is 53.5 Å². The lowest BCUT2D eigenvalue weighted by Gasteiger charge is -2.28. The van der Waals surface area contributed by atoms with Crippen LogP contribution in [0.2, 0.25) is 0 Å². The van der Waals surface area contributed by atoms with Gasteiger partial charge in [-0.2, -0.15) is 0 Å². The molecule has 2 amide bonds. The highest BCUT2D eigenvalue weighted by molar-refractivity contribution is 5.94. The highest BCUT2D eigenvalue weighted by atomic mass is 16.2. The van der Waals surface area contributed by atoms with E-state index in [1.807, 2.05) is 30.6 Å². The first kappa shape index (κ1) is 15.5. The van der Waals surface area contributed by atoms with E-state index in [2.05, 4.69) is 4.98 Å². The van der Waals surface area contributed by atoms with E-state index in [0.29, 0.717) is 31.7 Å². The van der Waals surface area contributed by atoms with E-state index in [1.165, 1.54) is 0 Å². The molecule has 5 heteroatoms. The zero-order valence-electron chi connectivity index (χ0n) is 13.0. The minimum Gasteiger partial charge on any atom is -0.340 e. The van der Waals surface area contributed by atoms with Gasteiger partial charge in [-0.15, -0.1) is 0 Å². The molecule has 5 nitrogen and oxygen atoms in total. The van der Waals surface area contributed by atoms with E-state index in [4.69, 9.17) is 0 Å². The normalized spacial score (nSPS) is 16.5. The Morgan fingerprint density at radius 3 is 2.38 bits per heavy atom. The first-order valence-corrected chi connectivity index (χ1v) is 7.38. The molecule has 2 rings (SSSR count). The van der Waals surface area contributed by atoms with Gasteiger partial charge >= 0.3 is 0 Å². The summed E-state index contributed by atoms with van der Waals surface area (Å²) >= 11 is 0. The molecule has 114 valence electrons. The Morgan fingerprint density at radius 2 is 1.76 bits per heavy atom. The van der Waals surface area contributed by atoms with Crippen LogP contribution in [0.1, 0.15) is 37.6 Å². The maximum absolute atomic E-state index is 12.4. The number of carbonyl (C=O) groups is 2. The zero-order chi connectivity index (χ0) is 15.5. The molecule has 1 aromatic rings. The summed E-state index contributed by atoms with van der Waals surface area (Å²) in [5.74, 6) is 0.145. The molecule has 1 fully saturated rings. The van der Waals surface area contributed by atoms with Crippen LogP contribution in [0, 0.1) is 5.41 Å². The summed E-state index contributed by atoms with van der Waals surface area (Å²) in [4.78, 5) is 32.4. The van der Waals surface area contributed by atoms with Gasteiger partial charge in [0, 0.05) is 44.0 Å². The van der Waals surface area contributed by atoms with Crippen LogP contribution in [-0.4, -0.2) is 52.8 Å². The molecule has 0 N–H and O–H groups in total. The lowest BCUT2D eigenvalue weighted by atomic mass is 9.94. The second-order valence-corrected chi connectivity index (χ2v) is 6.43. The quantitative estimate of drug-likeness (QED) is 0.792. The van der Waals surface area contributed by atoms with Crippen LogP contribution in [0.3, 0.4) is 0 Å². The van der Waals surface area contributed by atoms with Gasteiger partial charge in [0.2, 0.25) is 5.91 Å². The minimum atomic E-state index is -0.372. The van der Waals surface area contributed by atoms with Crippen molar-refractivity contribution in [2.45, 2.75) is 27.2 Å².